The van der Waals surface area contributed by atoms with Gasteiger partial charge in [0.05, 0.1) is 41.1 Å². The fourth-order valence-corrected chi connectivity index (χ4v) is 6.16. The van der Waals surface area contributed by atoms with Gasteiger partial charge in [-0.1, -0.05) is 25.4 Å². The van der Waals surface area contributed by atoms with E-state index in [0.29, 0.717) is 40.0 Å². The van der Waals surface area contributed by atoms with Crippen molar-refractivity contribution in [3.8, 4) is 5.75 Å². The van der Waals surface area contributed by atoms with Gasteiger partial charge < -0.3 is 25.4 Å². The lowest BCUT2D eigenvalue weighted by molar-refractivity contribution is 0.161. The van der Waals surface area contributed by atoms with Gasteiger partial charge in [0.1, 0.15) is 10.8 Å². The lowest BCUT2D eigenvalue weighted by Crippen LogP contribution is -2.36. The van der Waals surface area contributed by atoms with Crippen LogP contribution < -0.4 is 15.4 Å². The van der Waals surface area contributed by atoms with Crippen LogP contribution in [0.15, 0.2) is 29.6 Å². The van der Waals surface area contributed by atoms with Crippen molar-refractivity contribution in [2.45, 2.75) is 68.8 Å². The number of aryl methyl sites for hydroxylation is 2. The molecule has 0 amide bonds. The number of aliphatic hydroxyl groups is 1. The molecule has 216 valence electrons. The molecule has 1 aliphatic heterocycles. The molecule has 1 aliphatic carbocycles. The van der Waals surface area contributed by atoms with Crippen LogP contribution in [0.25, 0.3) is 0 Å². The summed E-state index contributed by atoms with van der Waals surface area (Å²) in [5.41, 5.74) is 3.84. The molecule has 1 saturated carbocycles. The van der Waals surface area contributed by atoms with Crippen LogP contribution in [-0.4, -0.2) is 71.6 Å². The summed E-state index contributed by atoms with van der Waals surface area (Å²) >= 11 is 6.46. The number of hydrogen-bond acceptors (Lipinski definition) is 9. The number of aliphatic hydroxyl groups excluding tert-OH is 1. The van der Waals surface area contributed by atoms with Gasteiger partial charge >= 0.3 is 0 Å². The SMILES string of the molecule is Cc1cc(Nc2ncc(Cl)c(Nc3cn(C)nc3S(=O)C(C)C)n2)c(OC2CC2)cc1C1CCCN(CCO)C1. The summed E-state index contributed by atoms with van der Waals surface area (Å²) in [6, 6.07) is 4.27. The molecule has 10 nitrogen and oxygen atoms in total. The first kappa shape index (κ1) is 28.8. The minimum absolute atomic E-state index is 0.0870. The Kier molecular flexibility index (Phi) is 8.94. The molecule has 0 bridgehead atoms. The molecule has 3 heterocycles. The van der Waals surface area contributed by atoms with Gasteiger partial charge in [-0.05, 0) is 68.3 Å². The normalized spacial score (nSPS) is 18.6. The number of piperidine rings is 1. The number of benzene rings is 1. The van der Waals surface area contributed by atoms with Crippen molar-refractivity contribution in [3.05, 3.63) is 40.7 Å². The Morgan fingerprint density at radius 1 is 1.23 bits per heavy atom. The average molecular weight is 588 g/mol. The van der Waals surface area contributed by atoms with Crippen LogP contribution in [0.1, 0.15) is 56.6 Å². The molecule has 12 heteroatoms. The van der Waals surface area contributed by atoms with E-state index in [2.05, 4.69) is 49.7 Å². The van der Waals surface area contributed by atoms with Crippen molar-refractivity contribution in [1.82, 2.24) is 24.6 Å². The molecular weight excluding hydrogens is 550 g/mol. The Bertz CT molecular complexity index is 1380. The summed E-state index contributed by atoms with van der Waals surface area (Å²) in [5.74, 6) is 1.93. The van der Waals surface area contributed by atoms with Crippen LogP contribution in [0, 0.1) is 6.92 Å². The molecule has 3 aromatic rings. The monoisotopic (exact) mass is 587 g/mol. The van der Waals surface area contributed by atoms with Crippen molar-refractivity contribution >= 4 is 45.5 Å². The standard InChI is InChI=1S/C28H38ClN7O3S/c1-17(2)40(38)27-24(16-35(4)34-27)31-26-22(29)14-30-28(33-26)32-23-12-18(3)21(13-25(23)39-20-7-8-20)19-6-5-9-36(15-19)10-11-37/h12-14,16-17,19-20,37H,5-11,15H2,1-4H3,(H2,30,31,32,33). The first-order valence-electron chi connectivity index (χ1n) is 13.9. The van der Waals surface area contributed by atoms with Gasteiger partial charge in [-0.15, -0.1) is 0 Å². The van der Waals surface area contributed by atoms with Gasteiger partial charge in [-0.25, -0.2) is 4.98 Å². The minimum Gasteiger partial charge on any atom is -0.488 e. The molecule has 1 saturated heterocycles. The highest BCUT2D eigenvalue weighted by Crippen LogP contribution is 2.39. The number of ether oxygens (including phenoxy) is 1. The van der Waals surface area contributed by atoms with Crippen molar-refractivity contribution in [2.75, 3.05) is 36.9 Å². The topological polar surface area (TPSA) is 117 Å². The first-order valence-corrected chi connectivity index (χ1v) is 15.5. The molecular formula is C28H38ClN7O3S. The Morgan fingerprint density at radius 2 is 2.02 bits per heavy atom. The largest absolute Gasteiger partial charge is 0.488 e. The third kappa shape index (κ3) is 6.76. The predicted molar refractivity (Wildman–Crippen MR) is 159 cm³/mol. The maximum absolute atomic E-state index is 12.8. The molecule has 2 aliphatic rings. The second kappa shape index (κ2) is 12.4. The lowest BCUT2D eigenvalue weighted by atomic mass is 9.87. The molecule has 2 fully saturated rings. The molecule has 2 aromatic heterocycles. The number of β-amino-alcohol motifs (C(OH)–C–C–N with tert-alkyl or cyclic N) is 1. The summed E-state index contributed by atoms with van der Waals surface area (Å²) in [5, 5.41) is 21.1. The molecule has 0 spiro atoms. The van der Waals surface area contributed by atoms with Gasteiger partial charge in [-0.3, -0.25) is 8.89 Å². The van der Waals surface area contributed by atoms with E-state index in [1.165, 1.54) is 17.3 Å². The maximum atomic E-state index is 12.8. The number of nitrogens with zero attached hydrogens (tertiary/aromatic N) is 5. The van der Waals surface area contributed by atoms with Gasteiger partial charge in [0.15, 0.2) is 10.8 Å². The van der Waals surface area contributed by atoms with Crippen LogP contribution in [0.3, 0.4) is 0 Å². The van der Waals surface area contributed by atoms with Gasteiger partial charge in [-0.2, -0.15) is 10.1 Å². The van der Waals surface area contributed by atoms with E-state index < -0.39 is 10.8 Å². The van der Waals surface area contributed by atoms with Gasteiger partial charge in [0.25, 0.3) is 0 Å². The Morgan fingerprint density at radius 3 is 2.75 bits per heavy atom. The summed E-state index contributed by atoms with van der Waals surface area (Å²) in [4.78, 5) is 11.4. The van der Waals surface area contributed by atoms with E-state index in [-0.39, 0.29) is 18.0 Å². The van der Waals surface area contributed by atoms with Gasteiger partial charge in [0, 0.05) is 31.6 Å². The fourth-order valence-electron chi connectivity index (χ4n) is 5.05. The van der Waals surface area contributed by atoms with Gasteiger partial charge in [0.2, 0.25) is 5.95 Å². The van der Waals surface area contributed by atoms with Crippen molar-refractivity contribution in [3.63, 3.8) is 0 Å². The third-order valence-electron chi connectivity index (χ3n) is 7.21. The zero-order chi connectivity index (χ0) is 28.4. The lowest BCUT2D eigenvalue weighted by Gasteiger charge is -2.33. The van der Waals surface area contributed by atoms with Crippen molar-refractivity contribution in [1.29, 1.82) is 0 Å². The Hall–Kier alpha value is -2.73. The zero-order valence-electron chi connectivity index (χ0n) is 23.5. The molecule has 1 aromatic carbocycles. The molecule has 3 N–H and O–H groups in total. The number of likely N-dealkylation sites (tertiary alicyclic amines) is 1. The minimum atomic E-state index is -1.29. The summed E-state index contributed by atoms with van der Waals surface area (Å²) in [7, 11) is 0.498. The Balaban J connectivity index is 1.41. The zero-order valence-corrected chi connectivity index (χ0v) is 25.1. The van der Waals surface area contributed by atoms with Crippen LogP contribution in [0.4, 0.5) is 23.1 Å². The number of anilines is 4. The van der Waals surface area contributed by atoms with E-state index in [1.54, 1.807) is 17.9 Å². The highest BCUT2D eigenvalue weighted by molar-refractivity contribution is 7.85. The maximum Gasteiger partial charge on any atom is 0.229 e. The Labute approximate surface area is 242 Å². The second-order valence-electron chi connectivity index (χ2n) is 10.9. The highest BCUT2D eigenvalue weighted by atomic mass is 35.5. The molecule has 2 atom stereocenters. The number of hydrogen-bond donors (Lipinski definition) is 3. The van der Waals surface area contributed by atoms with Crippen molar-refractivity contribution < 1.29 is 14.1 Å². The van der Waals surface area contributed by atoms with Crippen LogP contribution in [0.5, 0.6) is 5.75 Å². The van der Waals surface area contributed by atoms with E-state index >= 15 is 0 Å². The summed E-state index contributed by atoms with van der Waals surface area (Å²) < 4.78 is 20.8. The van der Waals surface area contributed by atoms with Crippen molar-refractivity contribution in [2.24, 2.45) is 7.05 Å². The highest BCUT2D eigenvalue weighted by Gasteiger charge is 2.28. The number of rotatable bonds is 11. The van der Waals surface area contributed by atoms with E-state index in [1.807, 2.05) is 13.8 Å². The summed E-state index contributed by atoms with van der Waals surface area (Å²) in [6.07, 6.45) is 7.85. The third-order valence-corrected chi connectivity index (χ3v) is 9.02. The number of halogens is 1. The molecule has 5 rings (SSSR count). The quantitative estimate of drug-likeness (QED) is 0.288. The van der Waals surface area contributed by atoms with E-state index in [9.17, 15) is 9.32 Å². The summed E-state index contributed by atoms with van der Waals surface area (Å²) in [6.45, 7) is 8.76. The first-order chi connectivity index (χ1) is 19.2. The smallest absolute Gasteiger partial charge is 0.229 e. The predicted octanol–water partition coefficient (Wildman–Crippen LogP) is 4.89. The molecule has 40 heavy (non-hydrogen) atoms. The number of nitrogens with one attached hydrogen (secondary N) is 2. The molecule has 2 unspecified atom stereocenters. The fraction of sp³-hybridized carbons (Fsp3) is 0.536. The number of aromatic nitrogens is 4. The van der Waals surface area contributed by atoms with E-state index in [0.717, 1.165) is 50.2 Å². The van der Waals surface area contributed by atoms with E-state index in [4.69, 9.17) is 16.3 Å². The van der Waals surface area contributed by atoms with Crippen LogP contribution in [-0.2, 0) is 17.8 Å². The average Bonchev–Trinajstić information content (AvgIpc) is 3.67. The molecule has 0 radical (unpaired) electrons. The second-order valence-corrected chi connectivity index (χ2v) is 13.2. The van der Waals surface area contributed by atoms with Crippen LogP contribution in [0.2, 0.25) is 5.02 Å². The van der Waals surface area contributed by atoms with Crippen LogP contribution >= 0.6 is 11.6 Å².